The third kappa shape index (κ3) is 5.10. The minimum Gasteiger partial charge on any atom is -0.497 e. The molecule has 2 aromatic carbocycles. The number of methoxy groups -OCH3 is 1. The van der Waals surface area contributed by atoms with E-state index in [1.54, 1.807) is 31.4 Å². The first kappa shape index (κ1) is 19.0. The normalized spacial score (nSPS) is 17.1. The predicted octanol–water partition coefficient (Wildman–Crippen LogP) is 3.22. The zero-order valence-corrected chi connectivity index (χ0v) is 15.4. The summed E-state index contributed by atoms with van der Waals surface area (Å²) in [6, 6.07) is 14.6. The van der Waals surface area contributed by atoms with Crippen molar-refractivity contribution in [2.24, 2.45) is 0 Å². The van der Waals surface area contributed by atoms with Crippen LogP contribution in [0.4, 0.5) is 5.69 Å². The monoisotopic (exact) mass is 364 g/mol. The molecule has 2 atom stereocenters. The predicted molar refractivity (Wildman–Crippen MR) is 106 cm³/mol. The summed E-state index contributed by atoms with van der Waals surface area (Å²) in [7, 11) is 1.60. The third-order valence-electron chi connectivity index (χ3n) is 4.58. The largest absolute Gasteiger partial charge is 0.497 e. The van der Waals surface area contributed by atoms with Gasteiger partial charge in [0, 0.05) is 24.4 Å². The number of anilines is 1. The number of hydrogen-bond donors (Lipinski definition) is 2. The van der Waals surface area contributed by atoms with Gasteiger partial charge in [0.1, 0.15) is 5.75 Å². The van der Waals surface area contributed by atoms with Crippen LogP contribution in [0.15, 0.2) is 48.5 Å². The fourth-order valence-electron chi connectivity index (χ4n) is 3.10. The van der Waals surface area contributed by atoms with Crippen LogP contribution in [-0.2, 0) is 11.3 Å². The number of amides is 1. The summed E-state index contributed by atoms with van der Waals surface area (Å²) in [5, 5.41) is 6.29. The van der Waals surface area contributed by atoms with Crippen molar-refractivity contribution in [3.8, 4) is 18.1 Å². The van der Waals surface area contributed by atoms with Gasteiger partial charge in [0.05, 0.1) is 19.3 Å². The van der Waals surface area contributed by atoms with Gasteiger partial charge in [-0.3, -0.25) is 10.1 Å². The second-order valence-corrected chi connectivity index (χ2v) is 6.46. The Hall–Kier alpha value is -2.81. The molecule has 0 aromatic heterocycles. The topological polar surface area (TPSA) is 59.6 Å². The Morgan fingerprint density at radius 1 is 1.33 bits per heavy atom. The molecule has 27 heavy (non-hydrogen) atoms. The van der Waals surface area contributed by atoms with Crippen LogP contribution in [-0.4, -0.2) is 31.8 Å². The Morgan fingerprint density at radius 3 is 2.81 bits per heavy atom. The van der Waals surface area contributed by atoms with Crippen LogP contribution in [0, 0.1) is 12.3 Å². The standard InChI is InChI=1S/C22H24N2O3/c1-3-20(21-8-5-13-27-21)23-15-16-6-4-7-18(14-16)24-22(25)17-9-11-19(26-2)12-10-17/h1,4,6-7,9-12,14,20-21,23H,5,8,13,15H2,2H3,(H,24,25). The van der Waals surface area contributed by atoms with Gasteiger partial charge in [-0.25, -0.2) is 0 Å². The summed E-state index contributed by atoms with van der Waals surface area (Å²) in [5.41, 5.74) is 2.36. The van der Waals surface area contributed by atoms with E-state index in [4.69, 9.17) is 15.9 Å². The average Bonchev–Trinajstić information content (AvgIpc) is 3.23. The molecule has 2 aromatic rings. The van der Waals surface area contributed by atoms with Gasteiger partial charge in [-0.05, 0) is 54.8 Å². The number of rotatable bonds is 7. The first-order chi connectivity index (χ1) is 13.2. The van der Waals surface area contributed by atoms with E-state index in [0.29, 0.717) is 17.9 Å². The molecular formula is C22H24N2O3. The van der Waals surface area contributed by atoms with Gasteiger partial charge in [-0.15, -0.1) is 6.42 Å². The SMILES string of the molecule is C#CC(NCc1cccc(NC(=O)c2ccc(OC)cc2)c1)C1CCCO1. The number of hydrogen-bond acceptors (Lipinski definition) is 4. The van der Waals surface area contributed by atoms with Crippen molar-refractivity contribution in [3.63, 3.8) is 0 Å². The Kier molecular flexibility index (Phi) is 6.48. The maximum atomic E-state index is 12.4. The van der Waals surface area contributed by atoms with E-state index in [1.165, 1.54) is 0 Å². The van der Waals surface area contributed by atoms with Crippen LogP contribution in [0.25, 0.3) is 0 Å². The summed E-state index contributed by atoms with van der Waals surface area (Å²) >= 11 is 0. The van der Waals surface area contributed by atoms with Crippen molar-refractivity contribution in [2.45, 2.75) is 31.5 Å². The highest BCUT2D eigenvalue weighted by molar-refractivity contribution is 6.04. The number of benzene rings is 2. The molecule has 2 unspecified atom stereocenters. The lowest BCUT2D eigenvalue weighted by Gasteiger charge is -2.19. The van der Waals surface area contributed by atoms with Gasteiger partial charge in [-0.1, -0.05) is 18.1 Å². The van der Waals surface area contributed by atoms with Crippen molar-refractivity contribution in [2.75, 3.05) is 19.0 Å². The molecule has 0 bridgehead atoms. The molecular weight excluding hydrogens is 340 g/mol. The lowest BCUT2D eigenvalue weighted by atomic mass is 10.1. The van der Waals surface area contributed by atoms with E-state index < -0.39 is 0 Å². The molecule has 140 valence electrons. The lowest BCUT2D eigenvalue weighted by molar-refractivity contribution is 0.0934. The van der Waals surface area contributed by atoms with Crippen molar-refractivity contribution in [3.05, 3.63) is 59.7 Å². The van der Waals surface area contributed by atoms with Crippen LogP contribution >= 0.6 is 0 Å². The van der Waals surface area contributed by atoms with Crippen molar-refractivity contribution >= 4 is 11.6 Å². The number of nitrogens with one attached hydrogen (secondary N) is 2. The summed E-state index contributed by atoms with van der Waals surface area (Å²) in [6.07, 6.45) is 7.75. The zero-order valence-electron chi connectivity index (χ0n) is 15.4. The Labute approximate surface area is 160 Å². The van der Waals surface area contributed by atoms with E-state index >= 15 is 0 Å². The van der Waals surface area contributed by atoms with Crippen LogP contribution in [0.2, 0.25) is 0 Å². The maximum Gasteiger partial charge on any atom is 0.255 e. The molecule has 0 radical (unpaired) electrons. The van der Waals surface area contributed by atoms with Gasteiger partial charge >= 0.3 is 0 Å². The second kappa shape index (κ2) is 9.22. The molecule has 0 spiro atoms. The minimum absolute atomic E-state index is 0.0768. The fourth-order valence-corrected chi connectivity index (χ4v) is 3.10. The smallest absolute Gasteiger partial charge is 0.255 e. The molecule has 0 saturated carbocycles. The Balaban J connectivity index is 1.59. The lowest BCUT2D eigenvalue weighted by Crippen LogP contribution is -2.37. The molecule has 1 aliphatic rings. The van der Waals surface area contributed by atoms with E-state index in [1.807, 2.05) is 24.3 Å². The molecule has 1 saturated heterocycles. The first-order valence-corrected chi connectivity index (χ1v) is 9.05. The van der Waals surface area contributed by atoms with Crippen molar-refractivity contribution < 1.29 is 14.3 Å². The van der Waals surface area contributed by atoms with E-state index in [0.717, 1.165) is 30.7 Å². The van der Waals surface area contributed by atoms with Gasteiger partial charge in [-0.2, -0.15) is 0 Å². The van der Waals surface area contributed by atoms with Gasteiger partial charge < -0.3 is 14.8 Å². The number of ether oxygens (including phenoxy) is 2. The van der Waals surface area contributed by atoms with Crippen LogP contribution in [0.5, 0.6) is 5.75 Å². The van der Waals surface area contributed by atoms with Crippen molar-refractivity contribution in [1.29, 1.82) is 0 Å². The molecule has 2 N–H and O–H groups in total. The molecule has 5 heteroatoms. The summed E-state index contributed by atoms with van der Waals surface area (Å²) in [4.78, 5) is 12.4. The Bertz CT molecular complexity index is 805. The Morgan fingerprint density at radius 2 is 2.15 bits per heavy atom. The first-order valence-electron chi connectivity index (χ1n) is 9.05. The molecule has 5 nitrogen and oxygen atoms in total. The fraction of sp³-hybridized carbons (Fsp3) is 0.318. The van der Waals surface area contributed by atoms with Crippen LogP contribution in [0.3, 0.4) is 0 Å². The molecule has 0 aliphatic carbocycles. The zero-order chi connectivity index (χ0) is 19.1. The number of carbonyl (C=O) groups excluding carboxylic acids is 1. The maximum absolute atomic E-state index is 12.4. The molecule has 3 rings (SSSR count). The third-order valence-corrected chi connectivity index (χ3v) is 4.58. The molecule has 1 heterocycles. The van der Waals surface area contributed by atoms with E-state index in [9.17, 15) is 4.79 Å². The summed E-state index contributed by atoms with van der Waals surface area (Å²) in [6.45, 7) is 1.39. The summed E-state index contributed by atoms with van der Waals surface area (Å²) < 4.78 is 10.8. The molecule has 1 amide bonds. The van der Waals surface area contributed by atoms with E-state index in [2.05, 4.69) is 16.6 Å². The van der Waals surface area contributed by atoms with Crippen LogP contribution in [0.1, 0.15) is 28.8 Å². The average molecular weight is 364 g/mol. The van der Waals surface area contributed by atoms with Gasteiger partial charge in [0.15, 0.2) is 0 Å². The van der Waals surface area contributed by atoms with Crippen LogP contribution < -0.4 is 15.4 Å². The highest BCUT2D eigenvalue weighted by Gasteiger charge is 2.23. The van der Waals surface area contributed by atoms with E-state index in [-0.39, 0.29) is 18.1 Å². The highest BCUT2D eigenvalue weighted by Crippen LogP contribution is 2.17. The van der Waals surface area contributed by atoms with Gasteiger partial charge in [0.2, 0.25) is 0 Å². The quantitative estimate of drug-likeness (QED) is 0.741. The number of terminal acetylenes is 1. The van der Waals surface area contributed by atoms with Gasteiger partial charge in [0.25, 0.3) is 5.91 Å². The van der Waals surface area contributed by atoms with Crippen molar-refractivity contribution in [1.82, 2.24) is 5.32 Å². The minimum atomic E-state index is -0.163. The summed E-state index contributed by atoms with van der Waals surface area (Å²) in [5.74, 6) is 3.33. The molecule has 1 fully saturated rings. The second-order valence-electron chi connectivity index (χ2n) is 6.46. The number of carbonyl (C=O) groups is 1. The molecule has 1 aliphatic heterocycles. The highest BCUT2D eigenvalue weighted by atomic mass is 16.5.